The largest absolute Gasteiger partial charge is 0.361 e. The second-order valence-corrected chi connectivity index (χ2v) is 6.70. The van der Waals surface area contributed by atoms with E-state index in [1.807, 2.05) is 36.7 Å². The smallest absolute Gasteiger partial charge is 0.262 e. The topological polar surface area (TPSA) is 89.0 Å². The van der Waals surface area contributed by atoms with Crippen LogP contribution in [0.5, 0.6) is 0 Å². The molecule has 1 atom stereocenters. The molecule has 2 aromatic heterocycles. The van der Waals surface area contributed by atoms with Gasteiger partial charge in [0.05, 0.1) is 4.88 Å². The van der Waals surface area contributed by atoms with Gasteiger partial charge in [0.2, 0.25) is 0 Å². The minimum atomic E-state index is -0.816. The van der Waals surface area contributed by atoms with Gasteiger partial charge >= 0.3 is 0 Å². The highest BCUT2D eigenvalue weighted by atomic mass is 32.1. The molecule has 2 amide bonds. The Kier molecular flexibility index (Phi) is 5.34. The SMILES string of the molecule is CCN(C#N)C(=O)C(Cc1c[nH]c2ccccc12)NC(=O)c1cccs1. The van der Waals surface area contributed by atoms with Crippen LogP contribution in [-0.2, 0) is 11.2 Å². The second-order valence-electron chi connectivity index (χ2n) is 5.75. The molecule has 0 radical (unpaired) electrons. The van der Waals surface area contributed by atoms with Crippen LogP contribution in [-0.4, -0.2) is 34.3 Å². The van der Waals surface area contributed by atoms with Crippen LogP contribution in [0, 0.1) is 11.5 Å². The summed E-state index contributed by atoms with van der Waals surface area (Å²) in [7, 11) is 0. The van der Waals surface area contributed by atoms with Gasteiger partial charge in [0, 0.05) is 30.1 Å². The van der Waals surface area contributed by atoms with Gasteiger partial charge < -0.3 is 10.3 Å². The van der Waals surface area contributed by atoms with Crippen LogP contribution in [0.1, 0.15) is 22.2 Å². The molecule has 1 aromatic carbocycles. The quantitative estimate of drug-likeness (QED) is 0.519. The van der Waals surface area contributed by atoms with E-state index in [-0.39, 0.29) is 12.5 Å². The standard InChI is InChI=1S/C19H18N4O2S/c1-2-23(12-20)19(25)16(22-18(24)17-8-5-9-26-17)10-13-11-21-15-7-4-3-6-14(13)15/h3-9,11,16,21H,2,10H2,1H3,(H,22,24). The lowest BCUT2D eigenvalue weighted by Gasteiger charge is -2.21. The van der Waals surface area contributed by atoms with Gasteiger partial charge in [0.15, 0.2) is 6.19 Å². The maximum atomic E-state index is 12.8. The molecule has 26 heavy (non-hydrogen) atoms. The molecule has 0 aliphatic carbocycles. The number of nitriles is 1. The van der Waals surface area contributed by atoms with Crippen LogP contribution in [0.2, 0.25) is 0 Å². The summed E-state index contributed by atoms with van der Waals surface area (Å²) in [5.41, 5.74) is 1.88. The number of nitrogens with one attached hydrogen (secondary N) is 2. The van der Waals surface area contributed by atoms with Gasteiger partial charge in [0.25, 0.3) is 11.8 Å². The molecule has 2 N–H and O–H groups in total. The van der Waals surface area contributed by atoms with Crippen molar-refractivity contribution in [3.63, 3.8) is 0 Å². The van der Waals surface area contributed by atoms with Crippen molar-refractivity contribution in [2.75, 3.05) is 6.54 Å². The molecule has 3 aromatic rings. The number of amides is 2. The normalized spacial score (nSPS) is 11.7. The Bertz CT molecular complexity index is 955. The van der Waals surface area contributed by atoms with Crippen LogP contribution < -0.4 is 5.32 Å². The summed E-state index contributed by atoms with van der Waals surface area (Å²) in [6.45, 7) is 1.99. The van der Waals surface area contributed by atoms with Crippen molar-refractivity contribution in [3.05, 3.63) is 58.4 Å². The van der Waals surface area contributed by atoms with Crippen molar-refractivity contribution in [3.8, 4) is 6.19 Å². The van der Waals surface area contributed by atoms with E-state index in [1.54, 1.807) is 24.4 Å². The van der Waals surface area contributed by atoms with Crippen LogP contribution in [0.4, 0.5) is 0 Å². The third-order valence-electron chi connectivity index (χ3n) is 4.15. The number of likely N-dealkylation sites (N-methyl/N-ethyl adjacent to an activating group) is 1. The van der Waals surface area contributed by atoms with E-state index >= 15 is 0 Å². The zero-order valence-electron chi connectivity index (χ0n) is 14.2. The van der Waals surface area contributed by atoms with Crippen LogP contribution in [0.25, 0.3) is 10.9 Å². The molecule has 0 fully saturated rings. The molecule has 3 rings (SSSR count). The van der Waals surface area contributed by atoms with Crippen LogP contribution in [0.15, 0.2) is 48.0 Å². The Morgan fingerprint density at radius 1 is 1.31 bits per heavy atom. The van der Waals surface area contributed by atoms with E-state index < -0.39 is 11.9 Å². The number of aromatic amines is 1. The van der Waals surface area contributed by atoms with E-state index in [1.165, 1.54) is 11.3 Å². The number of fused-ring (bicyclic) bond motifs is 1. The van der Waals surface area contributed by atoms with Crippen molar-refractivity contribution in [1.29, 1.82) is 5.26 Å². The molecule has 0 bridgehead atoms. The van der Waals surface area contributed by atoms with Crippen molar-refractivity contribution >= 4 is 34.1 Å². The Balaban J connectivity index is 1.88. The van der Waals surface area contributed by atoms with E-state index in [4.69, 9.17) is 0 Å². The first kappa shape index (κ1) is 17.7. The number of thiophene rings is 1. The van der Waals surface area contributed by atoms with E-state index in [0.717, 1.165) is 21.4 Å². The molecule has 0 spiro atoms. The van der Waals surface area contributed by atoms with Crippen LogP contribution in [0.3, 0.4) is 0 Å². The first-order chi connectivity index (χ1) is 12.6. The molecule has 0 saturated heterocycles. The van der Waals surface area contributed by atoms with Gasteiger partial charge in [-0.05, 0) is 30.0 Å². The van der Waals surface area contributed by atoms with Crippen molar-refractivity contribution < 1.29 is 9.59 Å². The monoisotopic (exact) mass is 366 g/mol. The fraction of sp³-hybridized carbons (Fsp3) is 0.211. The van der Waals surface area contributed by atoms with Gasteiger partial charge in [-0.1, -0.05) is 24.3 Å². The maximum Gasteiger partial charge on any atom is 0.262 e. The van der Waals surface area contributed by atoms with Crippen molar-refractivity contribution in [2.45, 2.75) is 19.4 Å². The predicted octanol–water partition coefficient (Wildman–Crippen LogP) is 2.90. The molecule has 6 nitrogen and oxygen atoms in total. The molecule has 0 aliphatic rings. The number of carbonyl (C=O) groups is 2. The average molecular weight is 366 g/mol. The number of carbonyl (C=O) groups excluding carboxylic acids is 2. The zero-order valence-corrected chi connectivity index (χ0v) is 15.0. The highest BCUT2D eigenvalue weighted by Crippen LogP contribution is 2.20. The van der Waals surface area contributed by atoms with Crippen LogP contribution >= 0.6 is 11.3 Å². The molecule has 0 saturated carbocycles. The van der Waals surface area contributed by atoms with Gasteiger partial charge in [-0.3, -0.25) is 9.59 Å². The summed E-state index contributed by atoms with van der Waals surface area (Å²) >= 11 is 1.31. The number of hydrogen-bond donors (Lipinski definition) is 2. The second kappa shape index (κ2) is 7.85. The third-order valence-corrected chi connectivity index (χ3v) is 5.02. The number of hydrogen-bond acceptors (Lipinski definition) is 4. The number of rotatable bonds is 6. The Labute approximate surface area is 155 Å². The number of H-pyrrole nitrogens is 1. The molecule has 1 unspecified atom stereocenters. The molecule has 0 aliphatic heterocycles. The minimum Gasteiger partial charge on any atom is -0.361 e. The van der Waals surface area contributed by atoms with E-state index in [0.29, 0.717) is 11.3 Å². The van der Waals surface area contributed by atoms with E-state index in [9.17, 15) is 14.9 Å². The third kappa shape index (κ3) is 3.60. The number of benzene rings is 1. The number of aromatic nitrogens is 1. The lowest BCUT2D eigenvalue weighted by Crippen LogP contribution is -2.48. The summed E-state index contributed by atoms with van der Waals surface area (Å²) < 4.78 is 0. The first-order valence-electron chi connectivity index (χ1n) is 8.24. The fourth-order valence-corrected chi connectivity index (χ4v) is 3.45. The summed E-state index contributed by atoms with van der Waals surface area (Å²) in [6.07, 6.45) is 4.03. The molecule has 132 valence electrons. The lowest BCUT2D eigenvalue weighted by atomic mass is 10.0. The molecular weight excluding hydrogens is 348 g/mol. The fourth-order valence-electron chi connectivity index (χ4n) is 2.82. The number of nitrogens with zero attached hydrogens (tertiary/aromatic N) is 2. The predicted molar refractivity (Wildman–Crippen MR) is 101 cm³/mol. The summed E-state index contributed by atoms with van der Waals surface area (Å²) in [5.74, 6) is -0.725. The Morgan fingerprint density at radius 2 is 2.12 bits per heavy atom. The molecule has 7 heteroatoms. The summed E-state index contributed by atoms with van der Waals surface area (Å²) in [6, 6.07) is 10.4. The molecule has 2 heterocycles. The highest BCUT2D eigenvalue weighted by Gasteiger charge is 2.27. The summed E-state index contributed by atoms with van der Waals surface area (Å²) in [4.78, 5) is 30.0. The zero-order chi connectivity index (χ0) is 18.5. The van der Waals surface area contributed by atoms with Gasteiger partial charge in [-0.2, -0.15) is 5.26 Å². The van der Waals surface area contributed by atoms with Crippen molar-refractivity contribution in [2.24, 2.45) is 0 Å². The average Bonchev–Trinajstić information content (AvgIpc) is 3.32. The molecular formula is C19H18N4O2S. The minimum absolute atomic E-state index is 0.259. The Hall–Kier alpha value is -3.11. The summed E-state index contributed by atoms with van der Waals surface area (Å²) in [5, 5.41) is 14.8. The highest BCUT2D eigenvalue weighted by molar-refractivity contribution is 7.12. The van der Waals surface area contributed by atoms with Gasteiger partial charge in [-0.15, -0.1) is 11.3 Å². The van der Waals surface area contributed by atoms with Crippen molar-refractivity contribution in [1.82, 2.24) is 15.2 Å². The maximum absolute atomic E-state index is 12.8. The first-order valence-corrected chi connectivity index (χ1v) is 9.12. The Morgan fingerprint density at radius 3 is 2.81 bits per heavy atom. The lowest BCUT2D eigenvalue weighted by molar-refractivity contribution is -0.130. The van der Waals surface area contributed by atoms with Gasteiger partial charge in [-0.25, -0.2) is 4.90 Å². The number of para-hydroxylation sites is 1. The van der Waals surface area contributed by atoms with Gasteiger partial charge in [0.1, 0.15) is 6.04 Å². The van der Waals surface area contributed by atoms with E-state index in [2.05, 4.69) is 10.3 Å².